The lowest BCUT2D eigenvalue weighted by atomic mass is 10.1. The van der Waals surface area contributed by atoms with Crippen molar-refractivity contribution in [1.82, 2.24) is 0 Å². The summed E-state index contributed by atoms with van der Waals surface area (Å²) in [5, 5.41) is 11.4. The maximum absolute atomic E-state index is 8.39. The standard InChI is InChI=1S/C12H17NO3/c1-3-15-12(16-4-2)11-7-5-10(6-8-11)9-13-14/h5-9,12,14H,3-4H2,1-2H3. The van der Waals surface area contributed by atoms with Gasteiger partial charge in [0, 0.05) is 18.8 Å². The van der Waals surface area contributed by atoms with Crippen LogP contribution in [0.25, 0.3) is 0 Å². The van der Waals surface area contributed by atoms with Crippen molar-refractivity contribution in [2.24, 2.45) is 5.16 Å². The molecule has 1 rings (SSSR count). The highest BCUT2D eigenvalue weighted by molar-refractivity contribution is 5.78. The average molecular weight is 223 g/mol. The van der Waals surface area contributed by atoms with Gasteiger partial charge in [0.25, 0.3) is 0 Å². The van der Waals surface area contributed by atoms with Gasteiger partial charge in [0.05, 0.1) is 6.21 Å². The van der Waals surface area contributed by atoms with E-state index in [2.05, 4.69) is 5.16 Å². The van der Waals surface area contributed by atoms with Crippen LogP contribution in [0.5, 0.6) is 0 Å². The van der Waals surface area contributed by atoms with Gasteiger partial charge in [-0.15, -0.1) is 0 Å². The van der Waals surface area contributed by atoms with E-state index in [1.807, 2.05) is 38.1 Å². The van der Waals surface area contributed by atoms with E-state index < -0.39 is 0 Å². The minimum absolute atomic E-state index is 0.324. The van der Waals surface area contributed by atoms with Crippen molar-refractivity contribution in [2.75, 3.05) is 13.2 Å². The fourth-order valence-electron chi connectivity index (χ4n) is 1.35. The molecule has 88 valence electrons. The molecule has 16 heavy (non-hydrogen) atoms. The van der Waals surface area contributed by atoms with Crippen LogP contribution in [0.4, 0.5) is 0 Å². The summed E-state index contributed by atoms with van der Waals surface area (Å²) in [7, 11) is 0. The van der Waals surface area contributed by atoms with Gasteiger partial charge in [-0.3, -0.25) is 0 Å². The molecule has 0 heterocycles. The normalized spacial score (nSPS) is 11.4. The van der Waals surface area contributed by atoms with Crippen molar-refractivity contribution in [2.45, 2.75) is 20.1 Å². The largest absolute Gasteiger partial charge is 0.411 e. The maximum Gasteiger partial charge on any atom is 0.183 e. The van der Waals surface area contributed by atoms with Crippen molar-refractivity contribution in [3.8, 4) is 0 Å². The minimum Gasteiger partial charge on any atom is -0.411 e. The maximum atomic E-state index is 8.39. The number of ether oxygens (including phenoxy) is 2. The topological polar surface area (TPSA) is 51.0 Å². The summed E-state index contributed by atoms with van der Waals surface area (Å²) in [5.74, 6) is 0. The molecule has 0 bridgehead atoms. The first-order valence-corrected chi connectivity index (χ1v) is 5.32. The zero-order chi connectivity index (χ0) is 11.8. The lowest BCUT2D eigenvalue weighted by Crippen LogP contribution is -2.08. The van der Waals surface area contributed by atoms with Crippen LogP contribution in [0.15, 0.2) is 29.4 Å². The van der Waals surface area contributed by atoms with Gasteiger partial charge in [-0.05, 0) is 19.4 Å². The number of hydrogen-bond donors (Lipinski definition) is 1. The fourth-order valence-corrected chi connectivity index (χ4v) is 1.35. The molecule has 0 aliphatic heterocycles. The summed E-state index contributed by atoms with van der Waals surface area (Å²) in [6.07, 6.45) is 1.05. The van der Waals surface area contributed by atoms with Gasteiger partial charge in [0.1, 0.15) is 0 Å². The monoisotopic (exact) mass is 223 g/mol. The van der Waals surface area contributed by atoms with Crippen LogP contribution >= 0.6 is 0 Å². The Kier molecular flexibility index (Phi) is 5.53. The number of nitrogens with zero attached hydrogens (tertiary/aromatic N) is 1. The molecule has 4 heteroatoms. The number of oxime groups is 1. The third-order valence-electron chi connectivity index (χ3n) is 2.05. The third-order valence-corrected chi connectivity index (χ3v) is 2.05. The van der Waals surface area contributed by atoms with Gasteiger partial charge >= 0.3 is 0 Å². The average Bonchev–Trinajstić information content (AvgIpc) is 2.30. The molecule has 0 amide bonds. The van der Waals surface area contributed by atoms with Crippen molar-refractivity contribution < 1.29 is 14.7 Å². The van der Waals surface area contributed by atoms with E-state index in [4.69, 9.17) is 14.7 Å². The van der Waals surface area contributed by atoms with Crippen molar-refractivity contribution in [3.05, 3.63) is 35.4 Å². The molecule has 0 fully saturated rings. The molecular formula is C12H17NO3. The molecule has 4 nitrogen and oxygen atoms in total. The van der Waals surface area contributed by atoms with E-state index in [1.54, 1.807) is 0 Å². The van der Waals surface area contributed by atoms with Crippen molar-refractivity contribution in [3.63, 3.8) is 0 Å². The molecule has 0 spiro atoms. The lowest BCUT2D eigenvalue weighted by molar-refractivity contribution is -0.140. The number of hydrogen-bond acceptors (Lipinski definition) is 4. The van der Waals surface area contributed by atoms with E-state index in [-0.39, 0.29) is 6.29 Å². The quantitative estimate of drug-likeness (QED) is 0.349. The summed E-state index contributed by atoms with van der Waals surface area (Å²) in [6, 6.07) is 7.49. The molecule has 0 atom stereocenters. The van der Waals surface area contributed by atoms with Crippen LogP contribution in [0, 0.1) is 0 Å². The second kappa shape index (κ2) is 6.98. The lowest BCUT2D eigenvalue weighted by Gasteiger charge is -2.17. The fraction of sp³-hybridized carbons (Fsp3) is 0.417. The van der Waals surface area contributed by atoms with Gasteiger partial charge in [-0.25, -0.2) is 0 Å². The molecule has 0 saturated heterocycles. The van der Waals surface area contributed by atoms with Crippen LogP contribution in [0.1, 0.15) is 31.3 Å². The first-order valence-electron chi connectivity index (χ1n) is 5.32. The van der Waals surface area contributed by atoms with Crippen LogP contribution in [-0.4, -0.2) is 24.6 Å². The summed E-state index contributed by atoms with van der Waals surface area (Å²) in [5.41, 5.74) is 1.79. The van der Waals surface area contributed by atoms with Crippen LogP contribution in [0.3, 0.4) is 0 Å². The molecule has 1 aromatic rings. The predicted octanol–water partition coefficient (Wildman–Crippen LogP) is 2.57. The summed E-state index contributed by atoms with van der Waals surface area (Å²) in [6.45, 7) is 5.06. The molecule has 0 aliphatic carbocycles. The van der Waals surface area contributed by atoms with Gasteiger partial charge in [-0.1, -0.05) is 29.4 Å². The summed E-state index contributed by atoms with van der Waals surface area (Å²) < 4.78 is 10.9. The second-order valence-corrected chi connectivity index (χ2v) is 3.15. The van der Waals surface area contributed by atoms with E-state index >= 15 is 0 Å². The van der Waals surface area contributed by atoms with Gasteiger partial charge in [0.15, 0.2) is 6.29 Å². The van der Waals surface area contributed by atoms with E-state index in [9.17, 15) is 0 Å². The Hall–Kier alpha value is -1.39. The summed E-state index contributed by atoms with van der Waals surface area (Å²) >= 11 is 0. The highest BCUT2D eigenvalue weighted by Crippen LogP contribution is 2.18. The molecule has 0 aliphatic rings. The summed E-state index contributed by atoms with van der Waals surface area (Å²) in [4.78, 5) is 0. The Morgan fingerprint density at radius 3 is 2.19 bits per heavy atom. The van der Waals surface area contributed by atoms with Crippen molar-refractivity contribution >= 4 is 6.21 Å². The zero-order valence-corrected chi connectivity index (χ0v) is 9.59. The Bertz CT molecular complexity index is 316. The van der Waals surface area contributed by atoms with Crippen LogP contribution in [-0.2, 0) is 9.47 Å². The Balaban J connectivity index is 2.76. The van der Waals surface area contributed by atoms with Gasteiger partial charge in [-0.2, -0.15) is 0 Å². The first kappa shape index (κ1) is 12.7. The molecule has 0 unspecified atom stereocenters. The van der Waals surface area contributed by atoms with E-state index in [0.29, 0.717) is 13.2 Å². The SMILES string of the molecule is CCOC(OCC)c1ccc(C=NO)cc1. The molecule has 0 radical (unpaired) electrons. The van der Waals surface area contributed by atoms with Crippen LogP contribution < -0.4 is 0 Å². The minimum atomic E-state index is -0.324. The highest BCUT2D eigenvalue weighted by Gasteiger charge is 2.10. The van der Waals surface area contributed by atoms with Gasteiger partial charge < -0.3 is 14.7 Å². The molecule has 1 N–H and O–H groups in total. The first-order chi connectivity index (χ1) is 7.81. The predicted molar refractivity (Wildman–Crippen MR) is 61.8 cm³/mol. The second-order valence-electron chi connectivity index (χ2n) is 3.15. The van der Waals surface area contributed by atoms with Crippen LogP contribution in [0.2, 0.25) is 0 Å². The van der Waals surface area contributed by atoms with E-state index in [1.165, 1.54) is 6.21 Å². The molecule has 0 aromatic heterocycles. The molecule has 1 aromatic carbocycles. The number of benzene rings is 1. The van der Waals surface area contributed by atoms with E-state index in [0.717, 1.165) is 11.1 Å². The molecular weight excluding hydrogens is 206 g/mol. The number of rotatable bonds is 6. The van der Waals surface area contributed by atoms with Crippen molar-refractivity contribution in [1.29, 1.82) is 0 Å². The Labute approximate surface area is 95.5 Å². The molecule has 0 saturated carbocycles. The van der Waals surface area contributed by atoms with Gasteiger partial charge in [0.2, 0.25) is 0 Å². The Morgan fingerprint density at radius 1 is 1.19 bits per heavy atom. The smallest absolute Gasteiger partial charge is 0.183 e. The highest BCUT2D eigenvalue weighted by atomic mass is 16.7. The Morgan fingerprint density at radius 2 is 1.75 bits per heavy atom. The third kappa shape index (κ3) is 3.64. The zero-order valence-electron chi connectivity index (χ0n) is 9.59.